The number of hydrogen-bond acceptors (Lipinski definition) is 3. The molecule has 4 N–H and O–H groups in total. The van der Waals surface area contributed by atoms with Crippen LogP contribution in [0.4, 0.5) is 0 Å². The second-order valence-electron chi connectivity index (χ2n) is 6.25. The Hall–Kier alpha value is -0.610. The van der Waals surface area contributed by atoms with Gasteiger partial charge in [-0.25, -0.2) is 0 Å². The van der Waals surface area contributed by atoms with Crippen molar-refractivity contribution in [1.29, 1.82) is 0 Å². The standard InChI is InChI=1S/C14H28N2O2/c1-14(2,8-9-15)7-6-13(18)16-12-5-3-4-11(12)10-17/h11-12,17H,3-10,15H2,1-2H3,(H,16,18). The predicted octanol–water partition coefficient (Wildman–Crippen LogP) is 1.42. The van der Waals surface area contributed by atoms with Crippen molar-refractivity contribution in [1.82, 2.24) is 5.32 Å². The fourth-order valence-corrected chi connectivity index (χ4v) is 2.69. The first-order valence-electron chi connectivity index (χ1n) is 7.09. The zero-order valence-electron chi connectivity index (χ0n) is 11.7. The van der Waals surface area contributed by atoms with E-state index in [0.717, 1.165) is 32.1 Å². The first-order chi connectivity index (χ1) is 8.48. The Morgan fingerprint density at radius 2 is 2.11 bits per heavy atom. The van der Waals surface area contributed by atoms with Gasteiger partial charge in [-0.3, -0.25) is 4.79 Å². The number of carbonyl (C=O) groups excluding carboxylic acids is 1. The zero-order chi connectivity index (χ0) is 13.6. The summed E-state index contributed by atoms with van der Waals surface area (Å²) >= 11 is 0. The van der Waals surface area contributed by atoms with Gasteiger partial charge in [0.05, 0.1) is 0 Å². The number of hydrogen-bond donors (Lipinski definition) is 3. The van der Waals surface area contributed by atoms with Gasteiger partial charge in [-0.2, -0.15) is 0 Å². The molecule has 0 aliphatic heterocycles. The molecule has 0 radical (unpaired) electrons. The summed E-state index contributed by atoms with van der Waals surface area (Å²) in [5.41, 5.74) is 5.70. The topological polar surface area (TPSA) is 75.4 Å². The van der Waals surface area contributed by atoms with Crippen LogP contribution in [0.15, 0.2) is 0 Å². The Labute approximate surface area is 110 Å². The monoisotopic (exact) mass is 256 g/mol. The van der Waals surface area contributed by atoms with Crippen molar-refractivity contribution < 1.29 is 9.90 Å². The van der Waals surface area contributed by atoms with Crippen LogP contribution >= 0.6 is 0 Å². The summed E-state index contributed by atoms with van der Waals surface area (Å²) in [6, 6.07) is 0.181. The predicted molar refractivity (Wildman–Crippen MR) is 73.0 cm³/mol. The van der Waals surface area contributed by atoms with Crippen LogP contribution in [0.25, 0.3) is 0 Å². The highest BCUT2D eigenvalue weighted by Gasteiger charge is 2.28. The van der Waals surface area contributed by atoms with E-state index in [1.807, 2.05) is 0 Å². The minimum absolute atomic E-state index is 0.116. The van der Waals surface area contributed by atoms with Gasteiger partial charge in [-0.15, -0.1) is 0 Å². The van der Waals surface area contributed by atoms with Crippen molar-refractivity contribution >= 4 is 5.91 Å². The Kier molecular flexibility index (Phi) is 6.09. The Balaban J connectivity index is 2.29. The molecule has 1 rings (SSSR count). The lowest BCUT2D eigenvalue weighted by Gasteiger charge is -2.24. The third kappa shape index (κ3) is 4.94. The van der Waals surface area contributed by atoms with E-state index >= 15 is 0 Å². The van der Waals surface area contributed by atoms with Gasteiger partial charge in [0, 0.05) is 25.0 Å². The summed E-state index contributed by atoms with van der Waals surface area (Å²) in [7, 11) is 0. The van der Waals surface area contributed by atoms with Gasteiger partial charge < -0.3 is 16.2 Å². The first-order valence-corrected chi connectivity index (χ1v) is 7.09. The summed E-state index contributed by atoms with van der Waals surface area (Å²) in [6.45, 7) is 5.16. The second-order valence-corrected chi connectivity index (χ2v) is 6.25. The van der Waals surface area contributed by atoms with E-state index in [1.165, 1.54) is 0 Å². The molecule has 0 aromatic heterocycles. The lowest BCUT2D eigenvalue weighted by Crippen LogP contribution is -2.38. The van der Waals surface area contributed by atoms with E-state index in [-0.39, 0.29) is 29.9 Å². The number of nitrogens with one attached hydrogen (secondary N) is 1. The minimum atomic E-state index is 0.116. The van der Waals surface area contributed by atoms with Crippen LogP contribution in [-0.2, 0) is 4.79 Å². The third-order valence-electron chi connectivity index (χ3n) is 4.09. The van der Waals surface area contributed by atoms with E-state index in [9.17, 15) is 9.90 Å². The summed E-state index contributed by atoms with van der Waals surface area (Å²) in [5, 5.41) is 12.3. The summed E-state index contributed by atoms with van der Waals surface area (Å²) < 4.78 is 0. The molecule has 1 aliphatic carbocycles. The first kappa shape index (κ1) is 15.4. The molecule has 0 saturated heterocycles. The lowest BCUT2D eigenvalue weighted by molar-refractivity contribution is -0.122. The quantitative estimate of drug-likeness (QED) is 0.645. The fraction of sp³-hybridized carbons (Fsp3) is 0.929. The van der Waals surface area contributed by atoms with E-state index in [0.29, 0.717) is 13.0 Å². The molecule has 4 heteroatoms. The van der Waals surface area contributed by atoms with Gasteiger partial charge in [0.1, 0.15) is 0 Å². The molecule has 18 heavy (non-hydrogen) atoms. The highest BCUT2D eigenvalue weighted by molar-refractivity contribution is 5.76. The molecule has 1 fully saturated rings. The lowest BCUT2D eigenvalue weighted by atomic mass is 9.84. The van der Waals surface area contributed by atoms with E-state index in [4.69, 9.17) is 5.73 Å². The molecule has 106 valence electrons. The average molecular weight is 256 g/mol. The Bertz CT molecular complexity index is 267. The van der Waals surface area contributed by atoms with E-state index in [2.05, 4.69) is 19.2 Å². The Morgan fingerprint density at radius 1 is 1.39 bits per heavy atom. The van der Waals surface area contributed by atoms with Gasteiger partial charge in [-0.1, -0.05) is 20.3 Å². The molecule has 1 aliphatic rings. The largest absolute Gasteiger partial charge is 0.396 e. The van der Waals surface area contributed by atoms with Gasteiger partial charge in [-0.05, 0) is 37.6 Å². The molecule has 0 bridgehead atoms. The number of nitrogens with two attached hydrogens (primary N) is 1. The van der Waals surface area contributed by atoms with Crippen molar-refractivity contribution in [2.24, 2.45) is 17.1 Å². The van der Waals surface area contributed by atoms with Gasteiger partial charge in [0.2, 0.25) is 5.91 Å². The number of aliphatic hydroxyl groups is 1. The van der Waals surface area contributed by atoms with Crippen molar-refractivity contribution in [2.45, 2.75) is 58.4 Å². The van der Waals surface area contributed by atoms with Crippen molar-refractivity contribution in [3.8, 4) is 0 Å². The SMILES string of the molecule is CC(C)(CCN)CCC(=O)NC1CCCC1CO. The van der Waals surface area contributed by atoms with Crippen LogP contribution < -0.4 is 11.1 Å². The van der Waals surface area contributed by atoms with Gasteiger partial charge in [0.25, 0.3) is 0 Å². The zero-order valence-corrected chi connectivity index (χ0v) is 11.7. The van der Waals surface area contributed by atoms with Gasteiger partial charge >= 0.3 is 0 Å². The van der Waals surface area contributed by atoms with Crippen molar-refractivity contribution in [2.75, 3.05) is 13.2 Å². The highest BCUT2D eigenvalue weighted by Crippen LogP contribution is 2.27. The summed E-state index contributed by atoms with van der Waals surface area (Å²) in [5.74, 6) is 0.372. The maximum atomic E-state index is 11.9. The second kappa shape index (κ2) is 7.10. The molecule has 0 heterocycles. The number of amides is 1. The van der Waals surface area contributed by atoms with Crippen molar-refractivity contribution in [3.05, 3.63) is 0 Å². The number of aliphatic hydroxyl groups excluding tert-OH is 1. The number of carbonyl (C=O) groups is 1. The molecule has 2 atom stereocenters. The minimum Gasteiger partial charge on any atom is -0.396 e. The normalized spacial score (nSPS) is 24.2. The van der Waals surface area contributed by atoms with Crippen LogP contribution in [0.2, 0.25) is 0 Å². The van der Waals surface area contributed by atoms with Gasteiger partial charge in [0.15, 0.2) is 0 Å². The van der Waals surface area contributed by atoms with E-state index < -0.39 is 0 Å². The molecule has 0 spiro atoms. The molecular formula is C14H28N2O2. The van der Waals surface area contributed by atoms with Crippen molar-refractivity contribution in [3.63, 3.8) is 0 Å². The average Bonchev–Trinajstić information content (AvgIpc) is 2.74. The molecule has 4 nitrogen and oxygen atoms in total. The fourth-order valence-electron chi connectivity index (χ4n) is 2.69. The Morgan fingerprint density at radius 3 is 2.72 bits per heavy atom. The van der Waals surface area contributed by atoms with Crippen LogP contribution in [0.5, 0.6) is 0 Å². The highest BCUT2D eigenvalue weighted by atomic mass is 16.3. The van der Waals surface area contributed by atoms with Crippen LogP contribution in [0.3, 0.4) is 0 Å². The molecule has 2 unspecified atom stereocenters. The molecule has 1 saturated carbocycles. The summed E-state index contributed by atoms with van der Waals surface area (Å²) in [6.07, 6.45) is 5.51. The molecule has 0 aromatic rings. The third-order valence-corrected chi connectivity index (χ3v) is 4.09. The van der Waals surface area contributed by atoms with Crippen LogP contribution in [-0.4, -0.2) is 30.2 Å². The van der Waals surface area contributed by atoms with E-state index in [1.54, 1.807) is 0 Å². The maximum absolute atomic E-state index is 11.9. The summed E-state index contributed by atoms with van der Waals surface area (Å²) in [4.78, 5) is 11.9. The van der Waals surface area contributed by atoms with Crippen LogP contribution in [0.1, 0.15) is 52.4 Å². The molecular weight excluding hydrogens is 228 g/mol. The molecule has 1 amide bonds. The van der Waals surface area contributed by atoms with Crippen LogP contribution in [0, 0.1) is 11.3 Å². The smallest absolute Gasteiger partial charge is 0.220 e. The maximum Gasteiger partial charge on any atom is 0.220 e. The number of rotatable bonds is 7. The molecule has 0 aromatic carbocycles.